The van der Waals surface area contributed by atoms with Gasteiger partial charge in [0.25, 0.3) is 0 Å². The Hall–Kier alpha value is -1.55. The van der Waals surface area contributed by atoms with Crippen molar-refractivity contribution in [3.8, 4) is 0 Å². The van der Waals surface area contributed by atoms with Crippen LogP contribution in [0.3, 0.4) is 0 Å². The second kappa shape index (κ2) is 5.68. The minimum atomic E-state index is -0.414. The van der Waals surface area contributed by atoms with Gasteiger partial charge in [-0.3, -0.25) is 9.13 Å². The van der Waals surface area contributed by atoms with Crippen molar-refractivity contribution in [3.05, 3.63) is 34.2 Å². The van der Waals surface area contributed by atoms with Gasteiger partial charge in [-0.05, 0) is 36.5 Å². The monoisotopic (exact) mass is 288 g/mol. The summed E-state index contributed by atoms with van der Waals surface area (Å²) in [4.78, 5) is 12.0. The predicted octanol–water partition coefficient (Wildman–Crippen LogP) is 2.88. The third kappa shape index (κ3) is 2.53. The Kier molecular flexibility index (Phi) is 3.89. The summed E-state index contributed by atoms with van der Waals surface area (Å²) in [7, 11) is 3.57. The molecular formula is C17H24N2O2. The molecule has 1 unspecified atom stereocenters. The number of hydrogen-bond donors (Lipinski definition) is 1. The summed E-state index contributed by atoms with van der Waals surface area (Å²) in [5.74, 6) is 0.352. The maximum atomic E-state index is 12.0. The van der Waals surface area contributed by atoms with Crippen LogP contribution in [0.2, 0.25) is 0 Å². The Morgan fingerprint density at radius 1 is 1.05 bits per heavy atom. The molecule has 21 heavy (non-hydrogen) atoms. The van der Waals surface area contributed by atoms with Crippen molar-refractivity contribution in [3.63, 3.8) is 0 Å². The van der Waals surface area contributed by atoms with Gasteiger partial charge in [-0.25, -0.2) is 4.79 Å². The van der Waals surface area contributed by atoms with Gasteiger partial charge in [0, 0.05) is 14.1 Å². The first-order chi connectivity index (χ1) is 10.1. The maximum Gasteiger partial charge on any atom is 0.328 e. The van der Waals surface area contributed by atoms with Crippen LogP contribution in [0.1, 0.15) is 50.2 Å². The second-order valence-electron chi connectivity index (χ2n) is 6.35. The molecule has 4 nitrogen and oxygen atoms in total. The lowest BCUT2D eigenvalue weighted by Crippen LogP contribution is -2.19. The molecule has 0 saturated heterocycles. The lowest BCUT2D eigenvalue weighted by Gasteiger charge is -2.21. The van der Waals surface area contributed by atoms with E-state index in [2.05, 4.69) is 0 Å². The maximum absolute atomic E-state index is 12.0. The van der Waals surface area contributed by atoms with E-state index in [9.17, 15) is 9.90 Å². The van der Waals surface area contributed by atoms with Gasteiger partial charge in [-0.1, -0.05) is 31.7 Å². The van der Waals surface area contributed by atoms with Crippen molar-refractivity contribution in [2.45, 2.75) is 44.6 Å². The molecule has 0 aliphatic heterocycles. The Balaban J connectivity index is 1.96. The van der Waals surface area contributed by atoms with Crippen molar-refractivity contribution in [2.75, 3.05) is 0 Å². The van der Waals surface area contributed by atoms with Crippen LogP contribution < -0.4 is 5.69 Å². The number of aliphatic hydroxyl groups excluding tert-OH is 1. The van der Waals surface area contributed by atoms with E-state index in [4.69, 9.17) is 0 Å². The van der Waals surface area contributed by atoms with Crippen molar-refractivity contribution in [1.29, 1.82) is 0 Å². The third-order valence-electron chi connectivity index (χ3n) is 4.98. The van der Waals surface area contributed by atoms with Gasteiger partial charge >= 0.3 is 5.69 Å². The zero-order chi connectivity index (χ0) is 15.0. The highest BCUT2D eigenvalue weighted by atomic mass is 16.3. The Morgan fingerprint density at radius 2 is 1.67 bits per heavy atom. The van der Waals surface area contributed by atoms with Crippen LogP contribution in [-0.4, -0.2) is 14.2 Å². The lowest BCUT2D eigenvalue weighted by molar-refractivity contribution is 0.0989. The van der Waals surface area contributed by atoms with Crippen molar-refractivity contribution >= 4 is 11.0 Å². The number of aliphatic hydroxyl groups is 1. The number of fused-ring (bicyclic) bond motifs is 1. The first kappa shape index (κ1) is 14.4. The zero-order valence-electron chi connectivity index (χ0n) is 12.9. The lowest BCUT2D eigenvalue weighted by atomic mass is 9.89. The van der Waals surface area contributed by atoms with Gasteiger partial charge in [0.15, 0.2) is 0 Å². The standard InChI is InChI=1S/C17H24N2O2/c1-18-14-10-9-13(11-15(14)19(2)17(18)21)16(20)12-7-5-3-4-6-8-12/h9-12,16,20H,3-8H2,1-2H3. The van der Waals surface area contributed by atoms with Gasteiger partial charge in [-0.15, -0.1) is 0 Å². The second-order valence-corrected chi connectivity index (χ2v) is 6.35. The summed E-state index contributed by atoms with van der Waals surface area (Å²) in [5, 5.41) is 10.7. The van der Waals surface area contributed by atoms with Crippen LogP contribution in [-0.2, 0) is 14.1 Å². The molecule has 1 N–H and O–H groups in total. The fourth-order valence-electron chi connectivity index (χ4n) is 3.61. The van der Waals surface area contributed by atoms with Crippen LogP contribution in [0.25, 0.3) is 11.0 Å². The molecule has 1 aromatic carbocycles. The molecule has 0 radical (unpaired) electrons. The van der Waals surface area contributed by atoms with E-state index >= 15 is 0 Å². The summed E-state index contributed by atoms with van der Waals surface area (Å²) in [6, 6.07) is 5.90. The third-order valence-corrected chi connectivity index (χ3v) is 4.98. The highest BCUT2D eigenvalue weighted by molar-refractivity contribution is 5.76. The molecule has 4 heteroatoms. The fourth-order valence-corrected chi connectivity index (χ4v) is 3.61. The average Bonchev–Trinajstić information content (AvgIpc) is 2.74. The van der Waals surface area contributed by atoms with E-state index < -0.39 is 6.10 Å². The van der Waals surface area contributed by atoms with Gasteiger partial charge in [0.05, 0.1) is 17.1 Å². The number of hydrogen-bond acceptors (Lipinski definition) is 2. The van der Waals surface area contributed by atoms with Crippen LogP contribution >= 0.6 is 0 Å². The van der Waals surface area contributed by atoms with E-state index in [-0.39, 0.29) is 5.69 Å². The number of aromatic nitrogens is 2. The van der Waals surface area contributed by atoms with Crippen molar-refractivity contribution in [2.24, 2.45) is 20.0 Å². The quantitative estimate of drug-likeness (QED) is 0.864. The smallest absolute Gasteiger partial charge is 0.328 e. The molecule has 0 amide bonds. The largest absolute Gasteiger partial charge is 0.388 e. The molecule has 1 aliphatic rings. The number of benzene rings is 1. The molecule has 1 saturated carbocycles. The topological polar surface area (TPSA) is 47.2 Å². The van der Waals surface area contributed by atoms with E-state index in [1.54, 1.807) is 23.2 Å². The van der Waals surface area contributed by atoms with Crippen molar-refractivity contribution in [1.82, 2.24) is 9.13 Å². The molecule has 3 rings (SSSR count). The Labute approximate surface area is 125 Å². The van der Waals surface area contributed by atoms with Crippen molar-refractivity contribution < 1.29 is 5.11 Å². The highest BCUT2D eigenvalue weighted by Gasteiger charge is 2.23. The van der Waals surface area contributed by atoms with E-state index in [1.165, 1.54) is 25.7 Å². The van der Waals surface area contributed by atoms with E-state index in [0.29, 0.717) is 5.92 Å². The van der Waals surface area contributed by atoms with Crippen LogP contribution in [0.4, 0.5) is 0 Å². The molecule has 1 aromatic heterocycles. The molecule has 1 aliphatic carbocycles. The van der Waals surface area contributed by atoms with Gasteiger partial charge in [-0.2, -0.15) is 0 Å². The molecule has 0 bridgehead atoms. The summed E-state index contributed by atoms with van der Waals surface area (Å²) >= 11 is 0. The summed E-state index contributed by atoms with van der Waals surface area (Å²) < 4.78 is 3.30. The van der Waals surface area contributed by atoms with Gasteiger partial charge in [0.2, 0.25) is 0 Å². The number of rotatable bonds is 2. The summed E-state index contributed by atoms with van der Waals surface area (Å²) in [5.41, 5.74) is 2.73. The minimum Gasteiger partial charge on any atom is -0.388 e. The Bertz CT molecular complexity index is 691. The SMILES string of the molecule is Cn1c(=O)n(C)c2cc(C(O)C3CCCCCC3)ccc21. The first-order valence-corrected chi connectivity index (χ1v) is 7.93. The molecule has 1 heterocycles. The number of aryl methyl sites for hydroxylation is 2. The molecule has 1 atom stereocenters. The summed E-state index contributed by atoms with van der Waals surface area (Å²) in [6.07, 6.45) is 6.80. The molecular weight excluding hydrogens is 264 g/mol. The normalized spacial score (nSPS) is 18.8. The number of imidazole rings is 1. The zero-order valence-corrected chi connectivity index (χ0v) is 12.9. The Morgan fingerprint density at radius 3 is 2.33 bits per heavy atom. The highest BCUT2D eigenvalue weighted by Crippen LogP contribution is 2.34. The molecule has 2 aromatic rings. The molecule has 1 fully saturated rings. The van der Waals surface area contributed by atoms with Crippen LogP contribution in [0.15, 0.2) is 23.0 Å². The van der Waals surface area contributed by atoms with E-state index in [1.807, 2.05) is 18.2 Å². The molecule has 0 spiro atoms. The van der Waals surface area contributed by atoms with Crippen LogP contribution in [0.5, 0.6) is 0 Å². The number of nitrogens with zero attached hydrogens (tertiary/aromatic N) is 2. The average molecular weight is 288 g/mol. The fraction of sp³-hybridized carbons (Fsp3) is 0.588. The van der Waals surface area contributed by atoms with Gasteiger partial charge < -0.3 is 5.11 Å². The predicted molar refractivity (Wildman–Crippen MR) is 84.3 cm³/mol. The summed E-state index contributed by atoms with van der Waals surface area (Å²) in [6.45, 7) is 0. The van der Waals surface area contributed by atoms with Crippen LogP contribution in [0, 0.1) is 5.92 Å². The minimum absolute atomic E-state index is 0.0221. The van der Waals surface area contributed by atoms with Gasteiger partial charge in [0.1, 0.15) is 0 Å². The molecule has 114 valence electrons. The van der Waals surface area contributed by atoms with E-state index in [0.717, 1.165) is 29.4 Å². The first-order valence-electron chi connectivity index (χ1n) is 7.93.